The summed E-state index contributed by atoms with van der Waals surface area (Å²) in [6.07, 6.45) is 7.13. The Morgan fingerprint density at radius 2 is 2.24 bits per heavy atom. The summed E-state index contributed by atoms with van der Waals surface area (Å²) in [6.45, 7) is 0.597. The molecule has 0 saturated heterocycles. The van der Waals surface area contributed by atoms with Crippen molar-refractivity contribution in [1.29, 1.82) is 0 Å². The number of aryl methyl sites for hydroxylation is 1. The molecular formula is C11H12N6. The van der Waals surface area contributed by atoms with Gasteiger partial charge in [-0.15, -0.1) is 0 Å². The normalized spacial score (nSPS) is 11.1. The van der Waals surface area contributed by atoms with Gasteiger partial charge in [0, 0.05) is 19.4 Å². The summed E-state index contributed by atoms with van der Waals surface area (Å²) in [5.41, 5.74) is 9.23. The second kappa shape index (κ2) is 3.58. The molecule has 0 spiro atoms. The van der Waals surface area contributed by atoms with Crippen LogP contribution in [0.4, 0.5) is 5.69 Å². The summed E-state index contributed by atoms with van der Waals surface area (Å²) in [6, 6.07) is 1.78. The molecule has 3 aromatic heterocycles. The van der Waals surface area contributed by atoms with Crippen molar-refractivity contribution in [2.75, 3.05) is 5.73 Å². The molecule has 86 valence electrons. The van der Waals surface area contributed by atoms with E-state index in [0.717, 1.165) is 16.7 Å². The van der Waals surface area contributed by atoms with E-state index in [1.807, 2.05) is 22.5 Å². The molecule has 6 nitrogen and oxygen atoms in total. The molecule has 0 bridgehead atoms. The van der Waals surface area contributed by atoms with Gasteiger partial charge >= 0.3 is 0 Å². The highest BCUT2D eigenvalue weighted by molar-refractivity contribution is 5.86. The fourth-order valence-corrected chi connectivity index (χ4v) is 1.87. The third kappa shape index (κ3) is 1.63. The summed E-state index contributed by atoms with van der Waals surface area (Å²) in [5, 5.41) is 4.29. The van der Waals surface area contributed by atoms with Gasteiger partial charge in [-0.3, -0.25) is 9.67 Å². The number of aromatic nitrogens is 5. The van der Waals surface area contributed by atoms with Crippen molar-refractivity contribution in [2.24, 2.45) is 7.05 Å². The third-order valence-corrected chi connectivity index (χ3v) is 2.63. The van der Waals surface area contributed by atoms with E-state index in [1.54, 1.807) is 24.8 Å². The van der Waals surface area contributed by atoms with Crippen LogP contribution >= 0.6 is 0 Å². The Morgan fingerprint density at radius 1 is 1.35 bits per heavy atom. The van der Waals surface area contributed by atoms with Gasteiger partial charge in [0.1, 0.15) is 11.0 Å². The first-order valence-corrected chi connectivity index (χ1v) is 5.27. The van der Waals surface area contributed by atoms with E-state index in [-0.39, 0.29) is 0 Å². The molecule has 0 unspecified atom stereocenters. The number of fused-ring (bicyclic) bond motifs is 1. The fraction of sp³-hybridized carbons (Fsp3) is 0.182. The smallest absolute Gasteiger partial charge is 0.110 e. The summed E-state index contributed by atoms with van der Waals surface area (Å²) in [5.74, 6) is 0. The van der Waals surface area contributed by atoms with E-state index in [0.29, 0.717) is 12.2 Å². The number of anilines is 1. The third-order valence-electron chi connectivity index (χ3n) is 2.63. The van der Waals surface area contributed by atoms with Gasteiger partial charge in [0.15, 0.2) is 0 Å². The van der Waals surface area contributed by atoms with Crippen molar-refractivity contribution in [1.82, 2.24) is 24.3 Å². The molecule has 3 aromatic rings. The summed E-state index contributed by atoms with van der Waals surface area (Å²) in [4.78, 5) is 8.49. The minimum Gasteiger partial charge on any atom is -0.397 e. The lowest BCUT2D eigenvalue weighted by Crippen LogP contribution is -2.03. The van der Waals surface area contributed by atoms with Crippen molar-refractivity contribution in [2.45, 2.75) is 6.54 Å². The summed E-state index contributed by atoms with van der Waals surface area (Å²) >= 11 is 0. The molecule has 6 heteroatoms. The van der Waals surface area contributed by atoms with Crippen molar-refractivity contribution in [3.8, 4) is 0 Å². The number of hydrogen-bond donors (Lipinski definition) is 1. The van der Waals surface area contributed by atoms with Crippen molar-refractivity contribution < 1.29 is 0 Å². The van der Waals surface area contributed by atoms with Crippen LogP contribution in [0.5, 0.6) is 0 Å². The fourth-order valence-electron chi connectivity index (χ4n) is 1.87. The minimum absolute atomic E-state index is 0.597. The Bertz CT molecular complexity index is 665. The van der Waals surface area contributed by atoms with Crippen molar-refractivity contribution >= 4 is 16.7 Å². The van der Waals surface area contributed by atoms with Crippen molar-refractivity contribution in [3.05, 3.63) is 36.7 Å². The van der Waals surface area contributed by atoms with Crippen LogP contribution < -0.4 is 5.73 Å². The van der Waals surface area contributed by atoms with Crippen LogP contribution in [0.1, 0.15) is 5.69 Å². The Balaban J connectivity index is 2.06. The number of imidazole rings is 1. The lowest BCUT2D eigenvalue weighted by atomic mass is 10.3. The van der Waals surface area contributed by atoms with Gasteiger partial charge < -0.3 is 10.3 Å². The Hall–Kier alpha value is -2.37. The molecule has 0 aromatic carbocycles. The van der Waals surface area contributed by atoms with E-state index in [4.69, 9.17) is 5.73 Å². The van der Waals surface area contributed by atoms with E-state index >= 15 is 0 Å². The van der Waals surface area contributed by atoms with Gasteiger partial charge in [-0.1, -0.05) is 0 Å². The topological polar surface area (TPSA) is 74.5 Å². The summed E-state index contributed by atoms with van der Waals surface area (Å²) in [7, 11) is 1.94. The molecule has 0 radical (unpaired) electrons. The summed E-state index contributed by atoms with van der Waals surface area (Å²) < 4.78 is 3.72. The standard InChI is InChI=1S/C11H12N6/c1-16-5-8(14-7-16)6-17-11-9(12)2-3-13-10(11)4-15-17/h2-5,7H,6H2,1H3,(H2,12,13). The van der Waals surface area contributed by atoms with E-state index in [2.05, 4.69) is 15.1 Å². The highest BCUT2D eigenvalue weighted by Crippen LogP contribution is 2.18. The van der Waals surface area contributed by atoms with Gasteiger partial charge in [-0.25, -0.2) is 4.98 Å². The number of pyridine rings is 1. The maximum Gasteiger partial charge on any atom is 0.110 e. The zero-order chi connectivity index (χ0) is 11.8. The predicted molar refractivity (Wildman–Crippen MR) is 64.3 cm³/mol. The molecule has 3 rings (SSSR count). The van der Waals surface area contributed by atoms with E-state index in [9.17, 15) is 0 Å². The Kier molecular flexibility index (Phi) is 2.07. The van der Waals surface area contributed by atoms with Crippen LogP contribution in [0.2, 0.25) is 0 Å². The monoisotopic (exact) mass is 228 g/mol. The zero-order valence-electron chi connectivity index (χ0n) is 9.41. The Morgan fingerprint density at radius 3 is 3.00 bits per heavy atom. The zero-order valence-corrected chi connectivity index (χ0v) is 9.41. The molecule has 0 amide bonds. The first kappa shape index (κ1) is 9.83. The number of nitrogen functional groups attached to an aromatic ring is 1. The maximum atomic E-state index is 5.93. The molecule has 0 aliphatic heterocycles. The van der Waals surface area contributed by atoms with Crippen LogP contribution in [0, 0.1) is 0 Å². The van der Waals surface area contributed by atoms with Gasteiger partial charge in [-0.05, 0) is 6.07 Å². The van der Waals surface area contributed by atoms with Gasteiger partial charge in [0.2, 0.25) is 0 Å². The molecule has 2 N–H and O–H groups in total. The van der Waals surface area contributed by atoms with Crippen LogP contribution in [0.25, 0.3) is 11.0 Å². The quantitative estimate of drug-likeness (QED) is 0.703. The molecular weight excluding hydrogens is 216 g/mol. The molecule has 3 heterocycles. The lowest BCUT2D eigenvalue weighted by Gasteiger charge is -2.02. The molecule has 17 heavy (non-hydrogen) atoms. The van der Waals surface area contributed by atoms with Crippen molar-refractivity contribution in [3.63, 3.8) is 0 Å². The van der Waals surface area contributed by atoms with Gasteiger partial charge in [0.05, 0.1) is 30.5 Å². The second-order valence-electron chi connectivity index (χ2n) is 3.97. The highest BCUT2D eigenvalue weighted by Gasteiger charge is 2.08. The number of nitrogens with two attached hydrogens (primary N) is 1. The van der Waals surface area contributed by atoms with Gasteiger partial charge in [0.25, 0.3) is 0 Å². The largest absolute Gasteiger partial charge is 0.397 e. The minimum atomic E-state index is 0.597. The second-order valence-corrected chi connectivity index (χ2v) is 3.97. The van der Waals surface area contributed by atoms with E-state index < -0.39 is 0 Å². The molecule has 0 aliphatic carbocycles. The SMILES string of the molecule is Cn1cnc(Cn2ncc3nccc(N)c32)c1. The first-order chi connectivity index (χ1) is 8.24. The average molecular weight is 228 g/mol. The highest BCUT2D eigenvalue weighted by atomic mass is 15.3. The van der Waals surface area contributed by atoms with Crippen LogP contribution in [0.15, 0.2) is 31.0 Å². The molecule has 0 saturated carbocycles. The number of nitrogens with zero attached hydrogens (tertiary/aromatic N) is 5. The van der Waals surface area contributed by atoms with Gasteiger partial charge in [-0.2, -0.15) is 5.10 Å². The lowest BCUT2D eigenvalue weighted by molar-refractivity contribution is 0.699. The molecule has 0 fully saturated rings. The number of rotatable bonds is 2. The number of hydrogen-bond acceptors (Lipinski definition) is 4. The van der Waals surface area contributed by atoms with E-state index in [1.165, 1.54) is 0 Å². The first-order valence-electron chi connectivity index (χ1n) is 5.27. The molecule has 0 aliphatic rings. The molecule has 0 atom stereocenters. The van der Waals surface area contributed by atoms with Crippen LogP contribution in [0.3, 0.4) is 0 Å². The Labute approximate surface area is 97.7 Å². The average Bonchev–Trinajstić information content (AvgIpc) is 2.88. The van der Waals surface area contributed by atoms with Crippen LogP contribution in [-0.2, 0) is 13.6 Å². The maximum absolute atomic E-state index is 5.93. The van der Waals surface area contributed by atoms with Crippen LogP contribution in [-0.4, -0.2) is 24.3 Å². The predicted octanol–water partition coefficient (Wildman–Crippen LogP) is 0.795.